The van der Waals surface area contributed by atoms with Gasteiger partial charge >= 0.3 is 0 Å². The Labute approximate surface area is 117 Å². The second-order valence-electron chi connectivity index (χ2n) is 4.43. The van der Waals surface area contributed by atoms with E-state index in [0.717, 1.165) is 5.69 Å². The first-order valence-corrected chi connectivity index (χ1v) is 6.26. The Morgan fingerprint density at radius 2 is 1.90 bits per heavy atom. The van der Waals surface area contributed by atoms with Crippen molar-refractivity contribution in [1.29, 1.82) is 0 Å². The van der Waals surface area contributed by atoms with E-state index in [2.05, 4.69) is 0 Å². The molecular weight excluding hydrogens is 257 g/mol. The van der Waals surface area contributed by atoms with Crippen LogP contribution in [0.4, 0.5) is 10.1 Å². The maximum absolute atomic E-state index is 13.6. The highest BCUT2D eigenvalue weighted by Gasteiger charge is 2.12. The lowest BCUT2D eigenvalue weighted by molar-refractivity contribution is -0.117. The standard InChI is InChI=1S/C16H16FNO2/c1-18(13-6-4-3-5-7-13)16(19)11-12-8-9-15(20-2)14(17)10-12/h3-10H,11H2,1-2H3. The van der Waals surface area contributed by atoms with Crippen molar-refractivity contribution in [2.45, 2.75) is 6.42 Å². The van der Waals surface area contributed by atoms with Crippen molar-refractivity contribution in [2.24, 2.45) is 0 Å². The Hall–Kier alpha value is -2.36. The van der Waals surface area contributed by atoms with E-state index >= 15 is 0 Å². The van der Waals surface area contributed by atoms with Gasteiger partial charge in [-0.2, -0.15) is 0 Å². The number of rotatable bonds is 4. The predicted octanol–water partition coefficient (Wildman–Crippen LogP) is 3.04. The third kappa shape index (κ3) is 3.15. The van der Waals surface area contributed by atoms with Crippen LogP contribution in [0.25, 0.3) is 0 Å². The van der Waals surface area contributed by atoms with Crippen LogP contribution in [-0.2, 0) is 11.2 Å². The first kappa shape index (κ1) is 14.1. The highest BCUT2D eigenvalue weighted by Crippen LogP contribution is 2.19. The van der Waals surface area contributed by atoms with E-state index in [1.165, 1.54) is 19.2 Å². The van der Waals surface area contributed by atoms with Crippen LogP contribution in [0.3, 0.4) is 0 Å². The molecule has 0 aromatic heterocycles. The van der Waals surface area contributed by atoms with Crippen LogP contribution >= 0.6 is 0 Å². The number of methoxy groups -OCH3 is 1. The normalized spacial score (nSPS) is 10.2. The van der Waals surface area contributed by atoms with E-state index < -0.39 is 5.82 Å². The minimum absolute atomic E-state index is 0.0965. The number of hydrogen-bond acceptors (Lipinski definition) is 2. The van der Waals surface area contributed by atoms with Crippen LogP contribution in [0.5, 0.6) is 5.75 Å². The van der Waals surface area contributed by atoms with Crippen LogP contribution < -0.4 is 9.64 Å². The molecule has 2 rings (SSSR count). The number of para-hydroxylation sites is 1. The van der Waals surface area contributed by atoms with Crippen molar-refractivity contribution in [3.05, 3.63) is 59.9 Å². The average Bonchev–Trinajstić information content (AvgIpc) is 2.47. The highest BCUT2D eigenvalue weighted by molar-refractivity contribution is 5.94. The molecule has 104 valence electrons. The Kier molecular flexibility index (Phi) is 4.35. The zero-order chi connectivity index (χ0) is 14.5. The third-order valence-electron chi connectivity index (χ3n) is 3.09. The summed E-state index contributed by atoms with van der Waals surface area (Å²) >= 11 is 0. The summed E-state index contributed by atoms with van der Waals surface area (Å²) in [6.07, 6.45) is 0.145. The van der Waals surface area contributed by atoms with E-state index in [-0.39, 0.29) is 18.1 Å². The van der Waals surface area contributed by atoms with Crippen molar-refractivity contribution in [1.82, 2.24) is 0 Å². The Morgan fingerprint density at radius 3 is 2.50 bits per heavy atom. The molecule has 0 aliphatic rings. The Balaban J connectivity index is 2.10. The lowest BCUT2D eigenvalue weighted by Crippen LogP contribution is -2.27. The van der Waals surface area contributed by atoms with Crippen LogP contribution in [-0.4, -0.2) is 20.1 Å². The number of likely N-dealkylation sites (N-methyl/N-ethyl adjacent to an activating group) is 1. The van der Waals surface area contributed by atoms with E-state index in [1.54, 1.807) is 18.0 Å². The number of anilines is 1. The van der Waals surface area contributed by atoms with E-state index in [4.69, 9.17) is 4.74 Å². The van der Waals surface area contributed by atoms with Crippen molar-refractivity contribution < 1.29 is 13.9 Å². The summed E-state index contributed by atoms with van der Waals surface area (Å²) in [5.74, 6) is -0.376. The number of hydrogen-bond donors (Lipinski definition) is 0. The van der Waals surface area contributed by atoms with Gasteiger partial charge in [0.2, 0.25) is 5.91 Å². The molecule has 0 atom stereocenters. The van der Waals surface area contributed by atoms with Crippen molar-refractivity contribution in [3.63, 3.8) is 0 Å². The molecule has 2 aromatic rings. The van der Waals surface area contributed by atoms with Gasteiger partial charge in [-0.25, -0.2) is 4.39 Å². The molecule has 0 spiro atoms. The summed E-state index contributed by atoms with van der Waals surface area (Å²) in [5.41, 5.74) is 1.43. The summed E-state index contributed by atoms with van der Waals surface area (Å²) in [6.45, 7) is 0. The van der Waals surface area contributed by atoms with E-state index in [9.17, 15) is 9.18 Å². The predicted molar refractivity (Wildman–Crippen MR) is 76.5 cm³/mol. The molecule has 0 heterocycles. The molecule has 0 radical (unpaired) electrons. The molecule has 0 aliphatic carbocycles. The van der Waals surface area contributed by atoms with Crippen LogP contribution in [0.1, 0.15) is 5.56 Å². The Morgan fingerprint density at radius 1 is 1.20 bits per heavy atom. The molecule has 0 bridgehead atoms. The van der Waals surface area contributed by atoms with Crippen LogP contribution in [0, 0.1) is 5.82 Å². The summed E-state index contributed by atoms with van der Waals surface area (Å²) in [6, 6.07) is 13.9. The Bertz CT molecular complexity index is 599. The van der Waals surface area contributed by atoms with Gasteiger partial charge in [0.1, 0.15) is 0 Å². The molecule has 1 amide bonds. The smallest absolute Gasteiger partial charge is 0.231 e. The molecule has 0 aliphatic heterocycles. The van der Waals surface area contributed by atoms with E-state index in [1.807, 2.05) is 30.3 Å². The summed E-state index contributed by atoms with van der Waals surface area (Å²) < 4.78 is 18.4. The van der Waals surface area contributed by atoms with E-state index in [0.29, 0.717) is 5.56 Å². The summed E-state index contributed by atoms with van der Waals surface area (Å²) in [4.78, 5) is 13.7. The third-order valence-corrected chi connectivity index (χ3v) is 3.09. The average molecular weight is 273 g/mol. The number of ether oxygens (including phenoxy) is 1. The molecule has 0 N–H and O–H groups in total. The van der Waals surface area contributed by atoms with Gasteiger partial charge in [0.05, 0.1) is 13.5 Å². The van der Waals surface area contributed by atoms with Crippen LogP contribution in [0.15, 0.2) is 48.5 Å². The van der Waals surface area contributed by atoms with Gasteiger partial charge in [0.15, 0.2) is 11.6 Å². The largest absolute Gasteiger partial charge is 0.494 e. The zero-order valence-electron chi connectivity index (χ0n) is 11.5. The van der Waals surface area contributed by atoms with Gasteiger partial charge in [0.25, 0.3) is 0 Å². The number of halogens is 1. The molecule has 0 saturated carbocycles. The minimum atomic E-state index is -0.458. The van der Waals surface area contributed by atoms with Crippen molar-refractivity contribution in [3.8, 4) is 5.75 Å². The molecular formula is C16H16FNO2. The molecule has 4 heteroatoms. The molecule has 3 nitrogen and oxygen atoms in total. The fourth-order valence-electron chi connectivity index (χ4n) is 1.91. The second kappa shape index (κ2) is 6.19. The summed E-state index contributed by atoms with van der Waals surface area (Å²) in [5, 5.41) is 0. The molecule has 0 saturated heterocycles. The van der Waals surface area contributed by atoms with Crippen molar-refractivity contribution in [2.75, 3.05) is 19.1 Å². The van der Waals surface area contributed by atoms with Gasteiger partial charge < -0.3 is 9.64 Å². The number of amides is 1. The maximum atomic E-state index is 13.6. The second-order valence-corrected chi connectivity index (χ2v) is 4.43. The van der Waals surface area contributed by atoms with Gasteiger partial charge in [-0.05, 0) is 29.8 Å². The van der Waals surface area contributed by atoms with Crippen LogP contribution in [0.2, 0.25) is 0 Å². The zero-order valence-corrected chi connectivity index (χ0v) is 11.5. The highest BCUT2D eigenvalue weighted by atomic mass is 19.1. The minimum Gasteiger partial charge on any atom is -0.494 e. The van der Waals surface area contributed by atoms with Gasteiger partial charge in [0, 0.05) is 12.7 Å². The molecule has 2 aromatic carbocycles. The first-order chi connectivity index (χ1) is 9.61. The van der Waals surface area contributed by atoms with Gasteiger partial charge in [-0.1, -0.05) is 24.3 Å². The molecule has 0 unspecified atom stereocenters. The first-order valence-electron chi connectivity index (χ1n) is 6.26. The topological polar surface area (TPSA) is 29.5 Å². The SMILES string of the molecule is COc1ccc(CC(=O)N(C)c2ccccc2)cc1F. The molecule has 20 heavy (non-hydrogen) atoms. The van der Waals surface area contributed by atoms with Crippen molar-refractivity contribution >= 4 is 11.6 Å². The fraction of sp³-hybridized carbons (Fsp3) is 0.188. The maximum Gasteiger partial charge on any atom is 0.231 e. The number of benzene rings is 2. The van der Waals surface area contributed by atoms with Gasteiger partial charge in [-0.3, -0.25) is 4.79 Å². The molecule has 0 fully saturated rings. The quantitative estimate of drug-likeness (QED) is 0.857. The number of nitrogens with zero attached hydrogens (tertiary/aromatic N) is 1. The fourth-order valence-corrected chi connectivity index (χ4v) is 1.91. The lowest BCUT2D eigenvalue weighted by atomic mass is 10.1. The van der Waals surface area contributed by atoms with Gasteiger partial charge in [-0.15, -0.1) is 0 Å². The summed E-state index contributed by atoms with van der Waals surface area (Å²) in [7, 11) is 3.12. The number of carbonyl (C=O) groups is 1. The number of carbonyl (C=O) groups excluding carboxylic acids is 1. The lowest BCUT2D eigenvalue weighted by Gasteiger charge is -2.17. The monoisotopic (exact) mass is 273 g/mol.